The summed E-state index contributed by atoms with van der Waals surface area (Å²) >= 11 is 0. The molecule has 0 saturated heterocycles. The fourth-order valence-electron chi connectivity index (χ4n) is 2.64. The maximum atomic E-state index is 11.0. The fraction of sp³-hybridized carbons (Fsp3) is 0.312. The maximum absolute atomic E-state index is 11.0. The van der Waals surface area contributed by atoms with E-state index < -0.39 is 4.92 Å². The normalized spacial score (nSPS) is 12.3. The van der Waals surface area contributed by atoms with Crippen LogP contribution in [0.5, 0.6) is 0 Å². The van der Waals surface area contributed by atoms with Crippen molar-refractivity contribution < 1.29 is 9.66 Å². The van der Waals surface area contributed by atoms with E-state index in [9.17, 15) is 10.1 Å². The first-order valence-corrected chi connectivity index (χ1v) is 7.67. The number of ether oxygens (including phenoxy) is 1. The Hall–Kier alpha value is -3.07. The van der Waals surface area contributed by atoms with Crippen molar-refractivity contribution in [3.05, 3.63) is 58.0 Å². The van der Waals surface area contributed by atoms with Gasteiger partial charge < -0.3 is 9.64 Å². The highest BCUT2D eigenvalue weighted by molar-refractivity contribution is 5.49. The number of rotatable bonds is 6. The van der Waals surface area contributed by atoms with Crippen LogP contribution in [-0.2, 0) is 11.3 Å². The lowest BCUT2D eigenvalue weighted by Gasteiger charge is -2.27. The van der Waals surface area contributed by atoms with Crippen LogP contribution in [-0.4, -0.2) is 38.7 Å². The molecule has 0 radical (unpaired) electrons. The molecule has 25 heavy (non-hydrogen) atoms. The number of anilines is 1. The van der Waals surface area contributed by atoms with Gasteiger partial charge in [0.15, 0.2) is 0 Å². The molecule has 2 heterocycles. The Labute approximate surface area is 144 Å². The molecule has 0 aliphatic carbocycles. The van der Waals surface area contributed by atoms with Crippen LogP contribution in [0.1, 0.15) is 24.2 Å². The van der Waals surface area contributed by atoms with Crippen LogP contribution < -0.4 is 4.90 Å². The summed E-state index contributed by atoms with van der Waals surface area (Å²) in [5, 5.41) is 15.2. The molecule has 1 atom stereocenters. The molecule has 0 fully saturated rings. The standard InChI is InChI=1S/C16H18N6O3/c1-11(12-5-4-6-14(7-12)22(23)24)20(2)15-8-13(9-25-3)19-16-17-10-18-21(15)16/h4-8,10-11H,9H2,1-3H3/t11-/m1/s1. The van der Waals surface area contributed by atoms with Crippen molar-refractivity contribution in [3.63, 3.8) is 0 Å². The summed E-state index contributed by atoms with van der Waals surface area (Å²) in [6, 6.07) is 8.37. The van der Waals surface area contributed by atoms with Crippen molar-refractivity contribution in [2.24, 2.45) is 0 Å². The number of non-ortho nitro benzene ring substituents is 1. The minimum absolute atomic E-state index is 0.0680. The SMILES string of the molecule is COCc1cc(N(C)[C@H](C)c2cccc([N+](=O)[O-])c2)n2ncnc2n1. The monoisotopic (exact) mass is 342 g/mol. The molecule has 0 aliphatic heterocycles. The van der Waals surface area contributed by atoms with Gasteiger partial charge in [-0.05, 0) is 12.5 Å². The van der Waals surface area contributed by atoms with Gasteiger partial charge in [0, 0.05) is 32.4 Å². The largest absolute Gasteiger partial charge is 0.378 e. The number of hydrogen-bond acceptors (Lipinski definition) is 7. The molecule has 0 N–H and O–H groups in total. The van der Waals surface area contributed by atoms with E-state index in [0.29, 0.717) is 12.4 Å². The molecule has 9 heteroatoms. The van der Waals surface area contributed by atoms with E-state index >= 15 is 0 Å². The molecule has 3 rings (SSSR count). The number of methoxy groups -OCH3 is 1. The first kappa shape index (κ1) is 16.8. The highest BCUT2D eigenvalue weighted by Gasteiger charge is 2.19. The second-order valence-electron chi connectivity index (χ2n) is 5.65. The van der Waals surface area contributed by atoms with Gasteiger partial charge in [-0.3, -0.25) is 10.1 Å². The van der Waals surface area contributed by atoms with Crippen molar-refractivity contribution in [1.29, 1.82) is 0 Å². The van der Waals surface area contributed by atoms with E-state index in [-0.39, 0.29) is 11.7 Å². The van der Waals surface area contributed by atoms with Crippen LogP contribution in [0.15, 0.2) is 36.7 Å². The van der Waals surface area contributed by atoms with E-state index in [4.69, 9.17) is 4.74 Å². The lowest BCUT2D eigenvalue weighted by molar-refractivity contribution is -0.384. The number of nitro benzene ring substituents is 1. The van der Waals surface area contributed by atoms with Gasteiger partial charge in [-0.2, -0.15) is 14.6 Å². The predicted molar refractivity (Wildman–Crippen MR) is 91.4 cm³/mol. The molecule has 1 aromatic carbocycles. The first-order chi connectivity index (χ1) is 12.0. The minimum atomic E-state index is -0.394. The zero-order valence-corrected chi connectivity index (χ0v) is 14.2. The van der Waals surface area contributed by atoms with Crippen LogP contribution in [0.3, 0.4) is 0 Å². The van der Waals surface area contributed by atoms with Crippen molar-refractivity contribution in [2.75, 3.05) is 19.1 Å². The molecule has 0 saturated carbocycles. The van der Waals surface area contributed by atoms with Crippen molar-refractivity contribution in [3.8, 4) is 0 Å². The quantitative estimate of drug-likeness (QED) is 0.501. The van der Waals surface area contributed by atoms with Gasteiger partial charge in [0.05, 0.1) is 23.3 Å². The number of benzene rings is 1. The first-order valence-electron chi connectivity index (χ1n) is 7.67. The van der Waals surface area contributed by atoms with Gasteiger partial charge in [0.1, 0.15) is 12.1 Å². The number of fused-ring (bicyclic) bond motifs is 1. The highest BCUT2D eigenvalue weighted by atomic mass is 16.6. The summed E-state index contributed by atoms with van der Waals surface area (Å²) in [5.74, 6) is 1.25. The second-order valence-corrected chi connectivity index (χ2v) is 5.65. The Morgan fingerprint density at radius 2 is 2.20 bits per heavy atom. The Kier molecular flexibility index (Phi) is 4.57. The lowest BCUT2D eigenvalue weighted by atomic mass is 10.1. The molecule has 0 unspecified atom stereocenters. The average molecular weight is 342 g/mol. The molecule has 130 valence electrons. The number of aromatic nitrogens is 4. The van der Waals surface area contributed by atoms with Crippen molar-refractivity contribution >= 4 is 17.3 Å². The number of nitro groups is 1. The van der Waals surface area contributed by atoms with Gasteiger partial charge in [-0.1, -0.05) is 12.1 Å². The van der Waals surface area contributed by atoms with Crippen molar-refractivity contribution in [2.45, 2.75) is 19.6 Å². The maximum Gasteiger partial charge on any atom is 0.269 e. The summed E-state index contributed by atoms with van der Waals surface area (Å²) in [4.78, 5) is 21.1. The lowest BCUT2D eigenvalue weighted by Crippen LogP contribution is -2.24. The molecular formula is C16H18N6O3. The third kappa shape index (κ3) is 3.26. The Morgan fingerprint density at radius 1 is 1.40 bits per heavy atom. The molecule has 3 aromatic rings. The van der Waals surface area contributed by atoms with Gasteiger partial charge >= 0.3 is 0 Å². The van der Waals surface area contributed by atoms with Gasteiger partial charge in [-0.15, -0.1) is 0 Å². The summed E-state index contributed by atoms with van der Waals surface area (Å²) in [6.07, 6.45) is 1.44. The smallest absolute Gasteiger partial charge is 0.269 e. The molecule has 2 aromatic heterocycles. The van der Waals surface area contributed by atoms with Gasteiger partial charge in [0.25, 0.3) is 11.5 Å². The topological polar surface area (TPSA) is 98.7 Å². The molecule has 0 bridgehead atoms. The van der Waals surface area contributed by atoms with E-state index in [1.165, 1.54) is 12.4 Å². The van der Waals surface area contributed by atoms with Crippen molar-refractivity contribution in [1.82, 2.24) is 19.6 Å². The molecular weight excluding hydrogens is 324 g/mol. The summed E-state index contributed by atoms with van der Waals surface area (Å²) in [6.45, 7) is 2.33. The van der Waals surface area contributed by atoms with E-state index in [1.54, 1.807) is 23.8 Å². The molecule has 0 spiro atoms. The third-order valence-corrected chi connectivity index (χ3v) is 4.08. The minimum Gasteiger partial charge on any atom is -0.378 e. The zero-order valence-electron chi connectivity index (χ0n) is 14.2. The van der Waals surface area contributed by atoms with Crippen LogP contribution in [0, 0.1) is 10.1 Å². The van der Waals surface area contributed by atoms with E-state index in [2.05, 4.69) is 15.1 Å². The molecule has 0 aliphatic rings. The van der Waals surface area contributed by atoms with Gasteiger partial charge in [-0.25, -0.2) is 4.98 Å². The number of hydrogen-bond donors (Lipinski definition) is 0. The predicted octanol–water partition coefficient (Wildman–Crippen LogP) is 2.38. The third-order valence-electron chi connectivity index (χ3n) is 4.08. The molecule has 9 nitrogen and oxygen atoms in total. The average Bonchev–Trinajstić information content (AvgIpc) is 3.08. The van der Waals surface area contributed by atoms with Crippen LogP contribution >= 0.6 is 0 Å². The Bertz CT molecular complexity index is 910. The Balaban J connectivity index is 2.00. The fourth-order valence-corrected chi connectivity index (χ4v) is 2.64. The number of nitrogens with zero attached hydrogens (tertiary/aromatic N) is 6. The highest BCUT2D eigenvalue weighted by Crippen LogP contribution is 2.27. The summed E-state index contributed by atoms with van der Waals surface area (Å²) in [7, 11) is 3.50. The summed E-state index contributed by atoms with van der Waals surface area (Å²) < 4.78 is 6.79. The summed E-state index contributed by atoms with van der Waals surface area (Å²) in [5.41, 5.74) is 1.63. The van der Waals surface area contributed by atoms with Crippen LogP contribution in [0.2, 0.25) is 0 Å². The van der Waals surface area contributed by atoms with Crippen LogP contribution in [0.4, 0.5) is 11.5 Å². The van der Waals surface area contributed by atoms with E-state index in [0.717, 1.165) is 17.1 Å². The van der Waals surface area contributed by atoms with Crippen LogP contribution in [0.25, 0.3) is 5.78 Å². The van der Waals surface area contributed by atoms with Gasteiger partial charge in [0.2, 0.25) is 0 Å². The molecule has 0 amide bonds. The Morgan fingerprint density at radius 3 is 2.92 bits per heavy atom. The zero-order chi connectivity index (χ0) is 18.0. The van der Waals surface area contributed by atoms with E-state index in [1.807, 2.05) is 31.0 Å². The second kappa shape index (κ2) is 6.81.